The summed E-state index contributed by atoms with van der Waals surface area (Å²) in [5.41, 5.74) is 0.295. The van der Waals surface area contributed by atoms with Crippen molar-refractivity contribution < 1.29 is 5.11 Å². The summed E-state index contributed by atoms with van der Waals surface area (Å²) in [7, 11) is 0. The normalized spacial score (nSPS) is 15.2. The zero-order chi connectivity index (χ0) is 9.78. The monoisotopic (exact) mass is 172 g/mol. The third-order valence-corrected chi connectivity index (χ3v) is 2.22. The molecule has 0 heterocycles. The molecule has 0 aliphatic rings. The third kappa shape index (κ3) is 5.59. The van der Waals surface area contributed by atoms with Gasteiger partial charge in [-0.3, -0.25) is 0 Å². The van der Waals surface area contributed by atoms with E-state index in [-0.39, 0.29) is 6.10 Å². The zero-order valence-corrected chi connectivity index (χ0v) is 9.22. The van der Waals surface area contributed by atoms with Crippen LogP contribution in [0.3, 0.4) is 0 Å². The molecule has 0 saturated heterocycles. The van der Waals surface area contributed by atoms with Crippen molar-refractivity contribution in [2.75, 3.05) is 0 Å². The van der Waals surface area contributed by atoms with Gasteiger partial charge in [0.2, 0.25) is 0 Å². The van der Waals surface area contributed by atoms with Crippen molar-refractivity contribution in [1.29, 1.82) is 0 Å². The van der Waals surface area contributed by atoms with Crippen molar-refractivity contribution in [3.63, 3.8) is 0 Å². The van der Waals surface area contributed by atoms with Crippen LogP contribution in [-0.4, -0.2) is 11.2 Å². The van der Waals surface area contributed by atoms with E-state index < -0.39 is 0 Å². The lowest BCUT2D eigenvalue weighted by molar-refractivity contribution is 0.0993. The van der Waals surface area contributed by atoms with Gasteiger partial charge in [0.15, 0.2) is 0 Å². The van der Waals surface area contributed by atoms with E-state index in [9.17, 15) is 5.11 Å². The van der Waals surface area contributed by atoms with E-state index in [4.69, 9.17) is 0 Å². The van der Waals surface area contributed by atoms with Crippen molar-refractivity contribution in [3.05, 3.63) is 0 Å². The van der Waals surface area contributed by atoms with Crippen molar-refractivity contribution in [3.8, 4) is 0 Å². The first-order valence-electron chi connectivity index (χ1n) is 5.05. The highest BCUT2D eigenvalue weighted by atomic mass is 16.3. The summed E-state index contributed by atoms with van der Waals surface area (Å²) < 4.78 is 0. The molecule has 1 atom stereocenters. The standard InChI is InChI=1S/C11H24O/c1-6-10(12)8-11(4,5)7-9(2)3/h9-10,12H,6-8H2,1-5H3. The molecule has 12 heavy (non-hydrogen) atoms. The minimum absolute atomic E-state index is 0.112. The van der Waals surface area contributed by atoms with E-state index in [0.717, 1.165) is 18.8 Å². The van der Waals surface area contributed by atoms with Gasteiger partial charge in [-0.2, -0.15) is 0 Å². The van der Waals surface area contributed by atoms with Gasteiger partial charge in [0.05, 0.1) is 6.10 Å². The molecule has 0 aliphatic carbocycles. The Morgan fingerprint density at radius 1 is 1.17 bits per heavy atom. The predicted molar refractivity (Wildman–Crippen MR) is 54.2 cm³/mol. The van der Waals surface area contributed by atoms with E-state index in [1.807, 2.05) is 6.92 Å². The van der Waals surface area contributed by atoms with E-state index >= 15 is 0 Å². The van der Waals surface area contributed by atoms with Gasteiger partial charge in [-0.25, -0.2) is 0 Å². The van der Waals surface area contributed by atoms with Crippen LogP contribution >= 0.6 is 0 Å². The molecule has 1 N–H and O–H groups in total. The molecule has 0 spiro atoms. The maximum atomic E-state index is 9.51. The molecule has 0 rings (SSSR count). The highest BCUT2D eigenvalue weighted by Crippen LogP contribution is 2.30. The van der Waals surface area contributed by atoms with Crippen LogP contribution in [0.2, 0.25) is 0 Å². The SMILES string of the molecule is CCC(O)CC(C)(C)CC(C)C. The van der Waals surface area contributed by atoms with Crippen molar-refractivity contribution in [1.82, 2.24) is 0 Å². The second-order valence-corrected chi connectivity index (χ2v) is 5.03. The fourth-order valence-electron chi connectivity index (χ4n) is 1.97. The van der Waals surface area contributed by atoms with Crippen molar-refractivity contribution in [2.24, 2.45) is 11.3 Å². The third-order valence-electron chi connectivity index (χ3n) is 2.22. The van der Waals surface area contributed by atoms with Crippen LogP contribution in [0, 0.1) is 11.3 Å². The van der Waals surface area contributed by atoms with Crippen LogP contribution in [-0.2, 0) is 0 Å². The number of rotatable bonds is 5. The minimum atomic E-state index is -0.112. The summed E-state index contributed by atoms with van der Waals surface area (Å²) in [5.74, 6) is 0.726. The maximum absolute atomic E-state index is 9.51. The fourth-order valence-corrected chi connectivity index (χ4v) is 1.97. The fraction of sp³-hybridized carbons (Fsp3) is 1.00. The summed E-state index contributed by atoms with van der Waals surface area (Å²) in [5, 5.41) is 9.51. The van der Waals surface area contributed by atoms with E-state index in [2.05, 4.69) is 27.7 Å². The Labute approximate surface area is 77.2 Å². The number of hydrogen-bond donors (Lipinski definition) is 1. The van der Waals surface area contributed by atoms with Crippen LogP contribution in [0.15, 0.2) is 0 Å². The summed E-state index contributed by atoms with van der Waals surface area (Å²) in [4.78, 5) is 0. The molecular formula is C11H24O. The molecule has 1 nitrogen and oxygen atoms in total. The predicted octanol–water partition coefficient (Wildman–Crippen LogP) is 3.22. The first-order chi connectivity index (χ1) is 5.37. The quantitative estimate of drug-likeness (QED) is 0.675. The van der Waals surface area contributed by atoms with Crippen molar-refractivity contribution in [2.45, 2.75) is 60.0 Å². The highest BCUT2D eigenvalue weighted by molar-refractivity contribution is 4.73. The number of hydrogen-bond acceptors (Lipinski definition) is 1. The molecule has 0 saturated carbocycles. The Morgan fingerprint density at radius 3 is 2.00 bits per heavy atom. The average molecular weight is 172 g/mol. The Hall–Kier alpha value is -0.0400. The Balaban J connectivity index is 3.85. The largest absolute Gasteiger partial charge is 0.393 e. The van der Waals surface area contributed by atoms with E-state index in [1.165, 1.54) is 6.42 Å². The lowest BCUT2D eigenvalue weighted by atomic mass is 9.79. The topological polar surface area (TPSA) is 20.2 Å². The van der Waals surface area contributed by atoms with Crippen LogP contribution in [0.1, 0.15) is 53.9 Å². The summed E-state index contributed by atoms with van der Waals surface area (Å²) in [6, 6.07) is 0. The highest BCUT2D eigenvalue weighted by Gasteiger charge is 2.22. The molecule has 1 heteroatoms. The van der Waals surface area contributed by atoms with Gasteiger partial charge in [-0.05, 0) is 30.6 Å². The molecule has 0 radical (unpaired) electrons. The average Bonchev–Trinajstić information content (AvgIpc) is 1.83. The Morgan fingerprint density at radius 2 is 1.67 bits per heavy atom. The minimum Gasteiger partial charge on any atom is -0.393 e. The number of aliphatic hydroxyl groups excluding tert-OH is 1. The van der Waals surface area contributed by atoms with Gasteiger partial charge in [-0.15, -0.1) is 0 Å². The molecule has 0 aromatic rings. The van der Waals surface area contributed by atoms with Gasteiger partial charge in [0, 0.05) is 0 Å². The van der Waals surface area contributed by atoms with Gasteiger partial charge in [0.25, 0.3) is 0 Å². The molecule has 0 fully saturated rings. The Bertz CT molecular complexity index is 116. The van der Waals surface area contributed by atoms with Gasteiger partial charge in [0.1, 0.15) is 0 Å². The molecule has 0 amide bonds. The molecule has 1 unspecified atom stereocenters. The van der Waals surface area contributed by atoms with Crippen LogP contribution in [0.4, 0.5) is 0 Å². The molecule has 0 aliphatic heterocycles. The van der Waals surface area contributed by atoms with Gasteiger partial charge < -0.3 is 5.11 Å². The molecule has 74 valence electrons. The maximum Gasteiger partial charge on any atom is 0.0542 e. The van der Waals surface area contributed by atoms with Crippen LogP contribution < -0.4 is 0 Å². The van der Waals surface area contributed by atoms with Gasteiger partial charge >= 0.3 is 0 Å². The smallest absolute Gasteiger partial charge is 0.0542 e. The molecule has 0 aromatic heterocycles. The van der Waals surface area contributed by atoms with E-state index in [1.54, 1.807) is 0 Å². The summed E-state index contributed by atoms with van der Waals surface area (Å²) in [6.07, 6.45) is 2.89. The second kappa shape index (κ2) is 4.86. The molecule has 0 bridgehead atoms. The first kappa shape index (κ1) is 12.0. The summed E-state index contributed by atoms with van der Waals surface area (Å²) >= 11 is 0. The number of aliphatic hydroxyl groups is 1. The molecular weight excluding hydrogens is 148 g/mol. The summed E-state index contributed by atoms with van der Waals surface area (Å²) in [6.45, 7) is 11.0. The van der Waals surface area contributed by atoms with Gasteiger partial charge in [-0.1, -0.05) is 34.6 Å². The second-order valence-electron chi connectivity index (χ2n) is 5.03. The van der Waals surface area contributed by atoms with Crippen LogP contribution in [0.25, 0.3) is 0 Å². The van der Waals surface area contributed by atoms with E-state index in [0.29, 0.717) is 5.41 Å². The van der Waals surface area contributed by atoms with Crippen molar-refractivity contribution >= 4 is 0 Å². The first-order valence-corrected chi connectivity index (χ1v) is 5.05. The lowest BCUT2D eigenvalue weighted by Gasteiger charge is -2.28. The molecule has 0 aromatic carbocycles. The Kier molecular flexibility index (Phi) is 4.84. The lowest BCUT2D eigenvalue weighted by Crippen LogP contribution is -2.21. The zero-order valence-electron chi connectivity index (χ0n) is 9.22. The van der Waals surface area contributed by atoms with Crippen LogP contribution in [0.5, 0.6) is 0 Å².